The molecule has 0 aromatic carbocycles. The van der Waals surface area contributed by atoms with E-state index < -0.39 is 0 Å². The largest absolute Gasteiger partial charge is 0.314 e. The van der Waals surface area contributed by atoms with Gasteiger partial charge in [-0.25, -0.2) is 0 Å². The average molecular weight is 275 g/mol. The molecule has 3 unspecified atom stereocenters. The summed E-state index contributed by atoms with van der Waals surface area (Å²) in [4.78, 5) is 0. The highest BCUT2D eigenvalue weighted by atomic mass is 15.3. The van der Waals surface area contributed by atoms with E-state index in [4.69, 9.17) is 0 Å². The number of hydrogen-bond acceptors (Lipinski definition) is 2. The van der Waals surface area contributed by atoms with E-state index in [0.717, 1.165) is 37.1 Å². The molecular formula is C17H29N3. The quantitative estimate of drug-likeness (QED) is 0.865. The lowest BCUT2D eigenvalue weighted by Crippen LogP contribution is -2.34. The van der Waals surface area contributed by atoms with E-state index in [2.05, 4.69) is 42.1 Å². The van der Waals surface area contributed by atoms with Crippen LogP contribution in [0.4, 0.5) is 0 Å². The van der Waals surface area contributed by atoms with E-state index in [1.165, 1.54) is 37.1 Å². The van der Waals surface area contributed by atoms with Crippen molar-refractivity contribution >= 4 is 0 Å². The molecule has 3 heteroatoms. The van der Waals surface area contributed by atoms with Crippen molar-refractivity contribution in [1.82, 2.24) is 15.1 Å². The van der Waals surface area contributed by atoms with Crippen molar-refractivity contribution in [2.75, 3.05) is 6.54 Å². The number of nitrogens with one attached hydrogen (secondary N) is 1. The van der Waals surface area contributed by atoms with Crippen LogP contribution >= 0.6 is 0 Å². The molecule has 112 valence electrons. The summed E-state index contributed by atoms with van der Waals surface area (Å²) in [7, 11) is 2.09. The van der Waals surface area contributed by atoms with Gasteiger partial charge in [0.15, 0.2) is 0 Å². The van der Waals surface area contributed by atoms with Gasteiger partial charge in [0, 0.05) is 25.2 Å². The van der Waals surface area contributed by atoms with E-state index in [0.29, 0.717) is 6.04 Å². The molecule has 1 aromatic rings. The van der Waals surface area contributed by atoms with E-state index in [1.54, 1.807) is 0 Å². The van der Waals surface area contributed by atoms with Gasteiger partial charge in [0.25, 0.3) is 0 Å². The second-order valence-corrected chi connectivity index (χ2v) is 6.66. The van der Waals surface area contributed by atoms with Gasteiger partial charge < -0.3 is 5.32 Å². The lowest BCUT2D eigenvalue weighted by molar-refractivity contribution is 0.428. The Kier molecular flexibility index (Phi) is 4.16. The van der Waals surface area contributed by atoms with Crippen LogP contribution in [0.3, 0.4) is 0 Å². The van der Waals surface area contributed by atoms with Crippen molar-refractivity contribution in [3.8, 4) is 0 Å². The van der Waals surface area contributed by atoms with Gasteiger partial charge in [-0.2, -0.15) is 5.10 Å². The van der Waals surface area contributed by atoms with E-state index >= 15 is 0 Å². The lowest BCUT2D eigenvalue weighted by atomic mass is 10.0. The molecule has 20 heavy (non-hydrogen) atoms. The van der Waals surface area contributed by atoms with Crippen molar-refractivity contribution in [3.05, 3.63) is 17.5 Å². The van der Waals surface area contributed by atoms with Crippen molar-refractivity contribution in [2.24, 2.45) is 24.8 Å². The molecule has 1 aromatic heterocycles. The molecule has 2 aliphatic carbocycles. The van der Waals surface area contributed by atoms with Crippen LogP contribution in [0.1, 0.15) is 50.9 Å². The highest BCUT2D eigenvalue weighted by Gasteiger charge is 2.53. The van der Waals surface area contributed by atoms with Crippen LogP contribution in [0.2, 0.25) is 0 Å². The Bertz CT molecular complexity index is 439. The number of rotatable bonds is 6. The molecule has 1 N–H and O–H groups in total. The normalized spacial score (nSPS) is 30.1. The zero-order valence-corrected chi connectivity index (χ0v) is 13.2. The predicted octanol–water partition coefficient (Wildman–Crippen LogP) is 2.94. The Hall–Kier alpha value is -0.830. The van der Waals surface area contributed by atoms with Gasteiger partial charge in [0.05, 0.1) is 5.69 Å². The van der Waals surface area contributed by atoms with Gasteiger partial charge in [0.2, 0.25) is 0 Å². The minimum Gasteiger partial charge on any atom is -0.314 e. The SMILES string of the molecule is CCNC(Cc1cc(CC)nn1C)C1C2CCCCC21. The van der Waals surface area contributed by atoms with Crippen LogP contribution in [-0.4, -0.2) is 22.4 Å². The number of nitrogens with zero attached hydrogens (tertiary/aromatic N) is 2. The third kappa shape index (κ3) is 2.65. The smallest absolute Gasteiger partial charge is 0.0624 e. The Morgan fingerprint density at radius 2 is 2.00 bits per heavy atom. The third-order valence-electron chi connectivity index (χ3n) is 5.47. The first-order chi connectivity index (χ1) is 9.74. The fourth-order valence-electron chi connectivity index (χ4n) is 4.41. The third-order valence-corrected chi connectivity index (χ3v) is 5.47. The van der Waals surface area contributed by atoms with Crippen LogP contribution in [0.25, 0.3) is 0 Å². The van der Waals surface area contributed by atoms with Gasteiger partial charge in [-0.3, -0.25) is 4.68 Å². The van der Waals surface area contributed by atoms with E-state index in [1.807, 2.05) is 0 Å². The van der Waals surface area contributed by atoms with Crippen LogP contribution in [0, 0.1) is 17.8 Å². The van der Waals surface area contributed by atoms with Crippen molar-refractivity contribution < 1.29 is 0 Å². The zero-order chi connectivity index (χ0) is 14.1. The van der Waals surface area contributed by atoms with Crippen LogP contribution < -0.4 is 5.32 Å². The molecule has 3 rings (SSSR count). The molecule has 3 nitrogen and oxygen atoms in total. The summed E-state index contributed by atoms with van der Waals surface area (Å²) in [5, 5.41) is 8.36. The first-order valence-electron chi connectivity index (χ1n) is 8.49. The van der Waals surface area contributed by atoms with Crippen molar-refractivity contribution in [2.45, 2.75) is 58.4 Å². The highest BCUT2D eigenvalue weighted by molar-refractivity contribution is 5.14. The van der Waals surface area contributed by atoms with E-state index in [-0.39, 0.29) is 0 Å². The maximum absolute atomic E-state index is 4.60. The number of hydrogen-bond donors (Lipinski definition) is 1. The van der Waals surface area contributed by atoms with Gasteiger partial charge in [0.1, 0.15) is 0 Å². The van der Waals surface area contributed by atoms with Crippen LogP contribution in [-0.2, 0) is 19.9 Å². The molecule has 2 saturated carbocycles. The number of aryl methyl sites for hydroxylation is 2. The summed E-state index contributed by atoms with van der Waals surface area (Å²) in [5.74, 6) is 2.97. The van der Waals surface area contributed by atoms with Crippen molar-refractivity contribution in [3.63, 3.8) is 0 Å². The van der Waals surface area contributed by atoms with Gasteiger partial charge in [-0.05, 0) is 49.6 Å². The topological polar surface area (TPSA) is 29.9 Å². The Labute approximate surface area is 123 Å². The average Bonchev–Trinajstić information content (AvgIpc) is 3.08. The predicted molar refractivity (Wildman–Crippen MR) is 82.7 cm³/mol. The second-order valence-electron chi connectivity index (χ2n) is 6.66. The lowest BCUT2D eigenvalue weighted by Gasteiger charge is -2.18. The summed E-state index contributed by atoms with van der Waals surface area (Å²) >= 11 is 0. The molecule has 0 aliphatic heterocycles. The molecule has 0 spiro atoms. The molecular weight excluding hydrogens is 246 g/mol. The fourth-order valence-corrected chi connectivity index (χ4v) is 4.41. The Morgan fingerprint density at radius 3 is 2.55 bits per heavy atom. The summed E-state index contributed by atoms with van der Waals surface area (Å²) in [6.07, 6.45) is 8.06. The molecule has 0 bridgehead atoms. The van der Waals surface area contributed by atoms with E-state index in [9.17, 15) is 0 Å². The maximum Gasteiger partial charge on any atom is 0.0624 e. The van der Waals surface area contributed by atoms with Crippen LogP contribution in [0.5, 0.6) is 0 Å². The molecule has 2 fully saturated rings. The summed E-state index contributed by atoms with van der Waals surface area (Å²) in [6.45, 7) is 5.50. The first kappa shape index (κ1) is 14.1. The minimum absolute atomic E-state index is 0.660. The molecule has 0 saturated heterocycles. The summed E-state index contributed by atoms with van der Waals surface area (Å²) in [6, 6.07) is 2.96. The summed E-state index contributed by atoms with van der Waals surface area (Å²) < 4.78 is 2.09. The van der Waals surface area contributed by atoms with Crippen molar-refractivity contribution in [1.29, 1.82) is 0 Å². The number of likely N-dealkylation sites (N-methyl/N-ethyl adjacent to an activating group) is 1. The molecule has 0 amide bonds. The molecule has 1 heterocycles. The van der Waals surface area contributed by atoms with Crippen LogP contribution in [0.15, 0.2) is 6.07 Å². The zero-order valence-electron chi connectivity index (χ0n) is 13.2. The summed E-state index contributed by atoms with van der Waals surface area (Å²) in [5.41, 5.74) is 2.63. The minimum atomic E-state index is 0.660. The molecule has 0 radical (unpaired) electrons. The monoisotopic (exact) mass is 275 g/mol. The standard InChI is InChI=1S/C17H29N3/c1-4-12-10-13(20(3)19-12)11-16(18-5-2)17-14-8-6-7-9-15(14)17/h10,14-18H,4-9,11H2,1-3H3. The van der Waals surface area contributed by atoms with Gasteiger partial charge >= 0.3 is 0 Å². The molecule has 2 aliphatic rings. The number of aromatic nitrogens is 2. The second kappa shape index (κ2) is 5.88. The fraction of sp³-hybridized carbons (Fsp3) is 0.824. The maximum atomic E-state index is 4.60. The highest BCUT2D eigenvalue weighted by Crippen LogP contribution is 2.57. The number of fused-ring (bicyclic) bond motifs is 1. The molecule has 3 atom stereocenters. The van der Waals surface area contributed by atoms with Gasteiger partial charge in [-0.1, -0.05) is 26.7 Å². The van der Waals surface area contributed by atoms with Gasteiger partial charge in [-0.15, -0.1) is 0 Å². The Balaban J connectivity index is 1.69. The first-order valence-corrected chi connectivity index (χ1v) is 8.49. The Morgan fingerprint density at radius 1 is 1.30 bits per heavy atom.